The zero-order valence-corrected chi connectivity index (χ0v) is 17.0. The van der Waals surface area contributed by atoms with Crippen molar-refractivity contribution >= 4 is 23.0 Å². The highest BCUT2D eigenvalue weighted by Crippen LogP contribution is 2.42. The number of rotatable bonds is 6. The predicted octanol–water partition coefficient (Wildman–Crippen LogP) is 4.36. The second-order valence-electron chi connectivity index (χ2n) is 7.08. The van der Waals surface area contributed by atoms with Crippen LogP contribution in [0, 0.1) is 13.8 Å². The fraction of sp³-hybridized carbons (Fsp3) is 0.450. The van der Waals surface area contributed by atoms with Crippen LogP contribution in [0.3, 0.4) is 0 Å². The number of hydrogen-bond donors (Lipinski definition) is 1. The third-order valence-corrected chi connectivity index (χ3v) is 5.91. The molecule has 9 heteroatoms. The van der Waals surface area contributed by atoms with E-state index in [-0.39, 0.29) is 17.1 Å². The number of aryl methyl sites for hydroxylation is 3. The molecular weight excluding hydrogens is 403 g/mol. The zero-order valence-electron chi connectivity index (χ0n) is 16.2. The number of alkyl halides is 3. The summed E-state index contributed by atoms with van der Waals surface area (Å²) in [6, 6.07) is 9.64. The van der Waals surface area contributed by atoms with E-state index in [1.54, 1.807) is 13.8 Å². The summed E-state index contributed by atoms with van der Waals surface area (Å²) in [6.45, 7) is 3.41. The Morgan fingerprint density at radius 3 is 2.52 bits per heavy atom. The minimum atomic E-state index is -5.02. The van der Waals surface area contributed by atoms with Crippen LogP contribution in [0.1, 0.15) is 46.8 Å². The van der Waals surface area contributed by atoms with Gasteiger partial charge in [0.15, 0.2) is 0 Å². The van der Waals surface area contributed by atoms with Crippen LogP contribution in [0.2, 0.25) is 0 Å². The maximum Gasteiger partial charge on any atom is 0.438 e. The molecule has 5 nitrogen and oxygen atoms in total. The molecular formula is C20H22F3N3O2S. The average molecular weight is 425 g/mol. The van der Waals surface area contributed by atoms with E-state index in [4.69, 9.17) is 0 Å². The molecule has 0 fully saturated rings. The average Bonchev–Trinajstić information content (AvgIpc) is 3.19. The molecule has 2 aromatic rings. The Bertz CT molecular complexity index is 911. The van der Waals surface area contributed by atoms with E-state index in [1.807, 2.05) is 30.3 Å². The monoisotopic (exact) mass is 425 g/mol. The first kappa shape index (κ1) is 21.4. The van der Waals surface area contributed by atoms with Crippen molar-refractivity contribution in [2.45, 2.75) is 57.9 Å². The minimum absolute atomic E-state index is 0.0329. The fourth-order valence-electron chi connectivity index (χ4n) is 3.31. The van der Waals surface area contributed by atoms with Gasteiger partial charge in [0.1, 0.15) is 0 Å². The van der Waals surface area contributed by atoms with E-state index in [9.17, 15) is 23.1 Å². The number of unbranched alkanes of at least 4 members (excludes halogenated alkanes) is 1. The van der Waals surface area contributed by atoms with Crippen molar-refractivity contribution in [3.05, 3.63) is 51.5 Å². The van der Waals surface area contributed by atoms with Gasteiger partial charge >= 0.3 is 6.18 Å². The Labute approximate surface area is 170 Å². The maximum absolute atomic E-state index is 13.6. The Balaban J connectivity index is 1.72. The molecule has 0 bridgehead atoms. The Morgan fingerprint density at radius 2 is 1.93 bits per heavy atom. The molecule has 2 heterocycles. The van der Waals surface area contributed by atoms with Gasteiger partial charge < -0.3 is 5.11 Å². The van der Waals surface area contributed by atoms with Gasteiger partial charge in [-0.15, -0.1) is 11.3 Å². The molecule has 1 N–H and O–H groups in total. The fourth-order valence-corrected chi connectivity index (χ4v) is 4.21. The highest BCUT2D eigenvalue weighted by molar-refractivity contribution is 7.13. The number of aromatic nitrogens is 1. The van der Waals surface area contributed by atoms with Crippen LogP contribution in [-0.4, -0.2) is 38.6 Å². The molecule has 1 aliphatic rings. The molecule has 1 aromatic heterocycles. The van der Waals surface area contributed by atoms with Crippen LogP contribution >= 0.6 is 11.3 Å². The Kier molecular flexibility index (Phi) is 6.09. The summed E-state index contributed by atoms with van der Waals surface area (Å²) < 4.78 is 40.9. The molecule has 3 rings (SSSR count). The van der Waals surface area contributed by atoms with Crippen LogP contribution in [0.4, 0.5) is 13.2 Å². The Hall–Kier alpha value is -2.26. The van der Waals surface area contributed by atoms with E-state index < -0.39 is 24.2 Å². The second-order valence-corrected chi connectivity index (χ2v) is 8.29. The van der Waals surface area contributed by atoms with Crippen molar-refractivity contribution in [2.75, 3.05) is 0 Å². The summed E-state index contributed by atoms with van der Waals surface area (Å²) in [4.78, 5) is 17.2. The standard InChI is InChI=1S/C20H22F3N3O2S/c1-13-18(29-14(2)24-13)16-12-19(28,20(21,22)23)26(25-16)17(27)11-7-6-10-15-8-4-3-5-9-15/h3-5,8-9,28H,6-7,10-12H2,1-2H3. The normalized spacial score (nSPS) is 19.5. The highest BCUT2D eigenvalue weighted by atomic mass is 32.1. The van der Waals surface area contributed by atoms with Crippen LogP contribution in [0.25, 0.3) is 0 Å². The van der Waals surface area contributed by atoms with Crippen LogP contribution in [0.15, 0.2) is 35.4 Å². The van der Waals surface area contributed by atoms with Gasteiger partial charge in [0, 0.05) is 6.42 Å². The lowest BCUT2D eigenvalue weighted by Crippen LogP contribution is -2.56. The number of thiazole rings is 1. The van der Waals surface area contributed by atoms with Gasteiger partial charge in [0.25, 0.3) is 5.72 Å². The number of halogens is 3. The molecule has 156 valence electrons. The van der Waals surface area contributed by atoms with Crippen LogP contribution in [0.5, 0.6) is 0 Å². The van der Waals surface area contributed by atoms with Gasteiger partial charge in [0.2, 0.25) is 5.91 Å². The van der Waals surface area contributed by atoms with E-state index in [1.165, 1.54) is 11.3 Å². The molecule has 0 saturated heterocycles. The van der Waals surface area contributed by atoms with Gasteiger partial charge in [-0.2, -0.15) is 23.3 Å². The summed E-state index contributed by atoms with van der Waals surface area (Å²) in [5, 5.41) is 15.2. The van der Waals surface area contributed by atoms with Crippen molar-refractivity contribution in [3.8, 4) is 0 Å². The lowest BCUT2D eigenvalue weighted by atomic mass is 10.0. The van der Waals surface area contributed by atoms with Crippen molar-refractivity contribution in [3.63, 3.8) is 0 Å². The van der Waals surface area contributed by atoms with Gasteiger partial charge in [-0.25, -0.2) is 4.98 Å². The van der Waals surface area contributed by atoms with E-state index in [0.29, 0.717) is 28.4 Å². The van der Waals surface area contributed by atoms with E-state index >= 15 is 0 Å². The van der Waals surface area contributed by atoms with Crippen LogP contribution in [-0.2, 0) is 11.2 Å². The van der Waals surface area contributed by atoms with Crippen molar-refractivity contribution in [1.82, 2.24) is 9.99 Å². The predicted molar refractivity (Wildman–Crippen MR) is 105 cm³/mol. The van der Waals surface area contributed by atoms with Crippen LogP contribution < -0.4 is 0 Å². The summed E-state index contributed by atoms with van der Waals surface area (Å²) in [6.07, 6.45) is -4.16. The SMILES string of the molecule is Cc1nc(C)c(C2=NN(C(=O)CCCCc3ccccc3)C(O)(C(F)(F)F)C2)s1. The zero-order chi connectivity index (χ0) is 21.2. The molecule has 1 amide bonds. The lowest BCUT2D eigenvalue weighted by Gasteiger charge is -2.32. The number of hydrogen-bond acceptors (Lipinski definition) is 5. The Morgan fingerprint density at radius 1 is 1.24 bits per heavy atom. The molecule has 1 unspecified atom stereocenters. The first-order valence-corrected chi connectivity index (χ1v) is 10.1. The minimum Gasteiger partial charge on any atom is -0.362 e. The van der Waals surface area contributed by atoms with Gasteiger partial charge in [0.05, 0.1) is 27.7 Å². The molecule has 1 atom stereocenters. The van der Waals surface area contributed by atoms with Gasteiger partial charge in [-0.05, 0) is 38.7 Å². The number of carbonyl (C=O) groups excluding carboxylic acids is 1. The third kappa shape index (κ3) is 4.51. The summed E-state index contributed by atoms with van der Waals surface area (Å²) in [7, 11) is 0. The third-order valence-electron chi connectivity index (χ3n) is 4.79. The van der Waals surface area contributed by atoms with Crippen molar-refractivity contribution in [2.24, 2.45) is 5.10 Å². The highest BCUT2D eigenvalue weighted by Gasteiger charge is 2.63. The number of aliphatic hydroxyl groups is 1. The van der Waals surface area contributed by atoms with Gasteiger partial charge in [-0.1, -0.05) is 30.3 Å². The number of amides is 1. The summed E-state index contributed by atoms with van der Waals surface area (Å²) >= 11 is 1.20. The number of benzene rings is 1. The first-order chi connectivity index (χ1) is 13.6. The maximum atomic E-state index is 13.6. The first-order valence-electron chi connectivity index (χ1n) is 9.30. The molecule has 0 saturated carbocycles. The van der Waals surface area contributed by atoms with Crippen molar-refractivity contribution in [1.29, 1.82) is 0 Å². The molecule has 0 spiro atoms. The second kappa shape index (κ2) is 8.23. The number of hydrazone groups is 1. The largest absolute Gasteiger partial charge is 0.438 e. The molecule has 29 heavy (non-hydrogen) atoms. The molecule has 1 aromatic carbocycles. The molecule has 1 aliphatic heterocycles. The number of carbonyl (C=O) groups is 1. The topological polar surface area (TPSA) is 65.8 Å². The smallest absolute Gasteiger partial charge is 0.362 e. The van der Waals surface area contributed by atoms with Crippen molar-refractivity contribution < 1.29 is 23.1 Å². The lowest BCUT2D eigenvalue weighted by molar-refractivity contribution is -0.302. The quantitative estimate of drug-likeness (QED) is 0.700. The summed E-state index contributed by atoms with van der Waals surface area (Å²) in [5.41, 5.74) is -1.66. The van der Waals surface area contributed by atoms with E-state index in [0.717, 1.165) is 12.0 Å². The van der Waals surface area contributed by atoms with E-state index in [2.05, 4.69) is 10.1 Å². The molecule has 0 aliphatic carbocycles. The number of nitrogens with zero attached hydrogens (tertiary/aromatic N) is 3. The van der Waals surface area contributed by atoms with Gasteiger partial charge in [-0.3, -0.25) is 4.79 Å². The summed E-state index contributed by atoms with van der Waals surface area (Å²) in [5.74, 6) is -0.841. The molecule has 0 radical (unpaired) electrons.